The fraction of sp³-hybridized carbons (Fsp3) is 0.579. The molecule has 1 amide bonds. The molecule has 0 aliphatic carbocycles. The van der Waals surface area contributed by atoms with E-state index in [4.69, 9.17) is 5.26 Å². The van der Waals surface area contributed by atoms with Gasteiger partial charge in [-0.25, -0.2) is 0 Å². The molecule has 2 saturated heterocycles. The highest BCUT2D eigenvalue weighted by molar-refractivity contribution is 5.99. The van der Waals surface area contributed by atoms with E-state index >= 15 is 0 Å². The van der Waals surface area contributed by atoms with Crippen molar-refractivity contribution in [3.63, 3.8) is 0 Å². The molecule has 0 radical (unpaired) electrons. The number of benzene rings is 1. The molecule has 0 saturated carbocycles. The number of hydrogen-bond acceptors (Lipinski definition) is 4. The summed E-state index contributed by atoms with van der Waals surface area (Å²) in [6.07, 6.45) is 3.22. The standard InChI is InChI=1S/C19H26N4O/c1-2-9-21-10-3-11-22(14-13-21)18-8-12-23(19(18)24)17-6-4-16(15-20)5-7-17/h4-7,18H,2-3,8-14H2,1H3. The Kier molecular flexibility index (Phi) is 5.49. The minimum absolute atomic E-state index is 0.0159. The fourth-order valence-corrected chi connectivity index (χ4v) is 3.82. The first-order valence-electron chi connectivity index (χ1n) is 9.01. The zero-order valence-corrected chi connectivity index (χ0v) is 14.4. The normalized spacial score (nSPS) is 23.2. The maximum absolute atomic E-state index is 12.9. The fourth-order valence-electron chi connectivity index (χ4n) is 3.82. The van der Waals surface area contributed by atoms with E-state index in [9.17, 15) is 4.79 Å². The number of rotatable bonds is 4. The third-order valence-electron chi connectivity index (χ3n) is 5.09. The second-order valence-electron chi connectivity index (χ2n) is 6.68. The molecule has 5 nitrogen and oxygen atoms in total. The lowest BCUT2D eigenvalue weighted by molar-refractivity contribution is -0.121. The van der Waals surface area contributed by atoms with Gasteiger partial charge in [-0.2, -0.15) is 5.26 Å². The molecule has 0 aromatic heterocycles. The topological polar surface area (TPSA) is 50.6 Å². The van der Waals surface area contributed by atoms with Crippen LogP contribution in [-0.4, -0.2) is 61.0 Å². The zero-order chi connectivity index (χ0) is 16.9. The van der Waals surface area contributed by atoms with Gasteiger partial charge in [0.05, 0.1) is 17.7 Å². The summed E-state index contributed by atoms with van der Waals surface area (Å²) >= 11 is 0. The summed E-state index contributed by atoms with van der Waals surface area (Å²) in [4.78, 5) is 19.6. The number of anilines is 1. The first kappa shape index (κ1) is 16.9. The molecule has 24 heavy (non-hydrogen) atoms. The van der Waals surface area contributed by atoms with Crippen molar-refractivity contribution in [3.8, 4) is 6.07 Å². The Labute approximate surface area is 144 Å². The SMILES string of the molecule is CCCN1CCCN(C2CCN(c3ccc(C#N)cc3)C2=O)CC1. The minimum Gasteiger partial charge on any atom is -0.311 e. The van der Waals surface area contributed by atoms with Crippen LogP contribution in [0.25, 0.3) is 0 Å². The Morgan fingerprint density at radius 3 is 2.62 bits per heavy atom. The minimum atomic E-state index is 0.0159. The zero-order valence-electron chi connectivity index (χ0n) is 14.4. The highest BCUT2D eigenvalue weighted by Crippen LogP contribution is 2.25. The quantitative estimate of drug-likeness (QED) is 0.850. The molecule has 1 aromatic rings. The van der Waals surface area contributed by atoms with Crippen molar-refractivity contribution >= 4 is 11.6 Å². The summed E-state index contributed by atoms with van der Waals surface area (Å²) in [6, 6.07) is 9.46. The van der Waals surface area contributed by atoms with Crippen molar-refractivity contribution in [1.82, 2.24) is 9.80 Å². The van der Waals surface area contributed by atoms with Crippen molar-refractivity contribution in [1.29, 1.82) is 5.26 Å². The van der Waals surface area contributed by atoms with Crippen molar-refractivity contribution < 1.29 is 4.79 Å². The third-order valence-corrected chi connectivity index (χ3v) is 5.09. The smallest absolute Gasteiger partial charge is 0.244 e. The van der Waals surface area contributed by atoms with Crippen LogP contribution in [0.15, 0.2) is 24.3 Å². The maximum atomic E-state index is 12.9. The molecule has 0 bridgehead atoms. The second-order valence-corrected chi connectivity index (χ2v) is 6.68. The van der Waals surface area contributed by atoms with Crippen molar-refractivity contribution in [2.75, 3.05) is 44.2 Å². The van der Waals surface area contributed by atoms with E-state index in [1.54, 1.807) is 12.1 Å². The van der Waals surface area contributed by atoms with Gasteiger partial charge in [-0.05, 0) is 56.6 Å². The van der Waals surface area contributed by atoms with Crippen LogP contribution in [0.5, 0.6) is 0 Å². The Balaban J connectivity index is 1.64. The Morgan fingerprint density at radius 1 is 1.12 bits per heavy atom. The lowest BCUT2D eigenvalue weighted by Gasteiger charge is -2.26. The Hall–Kier alpha value is -1.90. The third kappa shape index (κ3) is 3.61. The molecule has 1 atom stereocenters. The van der Waals surface area contributed by atoms with Crippen molar-refractivity contribution in [3.05, 3.63) is 29.8 Å². The molecule has 2 heterocycles. The lowest BCUT2D eigenvalue weighted by Crippen LogP contribution is -2.43. The molecular weight excluding hydrogens is 300 g/mol. The number of nitriles is 1. The van der Waals surface area contributed by atoms with Crippen molar-refractivity contribution in [2.45, 2.75) is 32.2 Å². The highest BCUT2D eigenvalue weighted by atomic mass is 16.2. The molecule has 0 N–H and O–H groups in total. The van der Waals surface area contributed by atoms with Gasteiger partial charge in [0.15, 0.2) is 0 Å². The molecule has 1 aromatic carbocycles. The number of hydrogen-bond donors (Lipinski definition) is 0. The predicted octanol–water partition coefficient (Wildman–Crippen LogP) is 2.08. The summed E-state index contributed by atoms with van der Waals surface area (Å²) in [5.74, 6) is 0.212. The van der Waals surface area contributed by atoms with E-state index in [0.29, 0.717) is 5.56 Å². The van der Waals surface area contributed by atoms with Crippen LogP contribution in [0.1, 0.15) is 31.7 Å². The largest absolute Gasteiger partial charge is 0.311 e. The summed E-state index contributed by atoms with van der Waals surface area (Å²) in [7, 11) is 0. The Morgan fingerprint density at radius 2 is 1.92 bits per heavy atom. The van der Waals surface area contributed by atoms with Crippen LogP contribution in [0.4, 0.5) is 5.69 Å². The van der Waals surface area contributed by atoms with E-state index in [-0.39, 0.29) is 11.9 Å². The summed E-state index contributed by atoms with van der Waals surface area (Å²) in [5, 5.41) is 8.90. The molecule has 2 aliphatic rings. The number of carbonyl (C=O) groups is 1. The van der Waals surface area contributed by atoms with Gasteiger partial charge in [-0.1, -0.05) is 6.92 Å². The van der Waals surface area contributed by atoms with Gasteiger partial charge in [0.2, 0.25) is 5.91 Å². The van der Waals surface area contributed by atoms with Crippen LogP contribution in [0.2, 0.25) is 0 Å². The van der Waals surface area contributed by atoms with Gasteiger partial charge in [-0.15, -0.1) is 0 Å². The van der Waals surface area contributed by atoms with Crippen LogP contribution >= 0.6 is 0 Å². The number of amides is 1. The van der Waals surface area contributed by atoms with E-state index in [0.717, 1.165) is 57.8 Å². The van der Waals surface area contributed by atoms with E-state index in [2.05, 4.69) is 22.8 Å². The monoisotopic (exact) mass is 326 g/mol. The van der Waals surface area contributed by atoms with E-state index in [1.807, 2.05) is 17.0 Å². The summed E-state index contributed by atoms with van der Waals surface area (Å²) in [5.41, 5.74) is 1.54. The maximum Gasteiger partial charge on any atom is 0.244 e. The van der Waals surface area contributed by atoms with Gasteiger partial charge in [0.1, 0.15) is 0 Å². The molecule has 1 unspecified atom stereocenters. The molecule has 2 aliphatic heterocycles. The highest BCUT2D eigenvalue weighted by Gasteiger charge is 2.37. The van der Waals surface area contributed by atoms with Crippen LogP contribution in [0, 0.1) is 11.3 Å². The van der Waals surface area contributed by atoms with Gasteiger partial charge in [-0.3, -0.25) is 9.69 Å². The van der Waals surface area contributed by atoms with E-state index in [1.165, 1.54) is 6.42 Å². The molecule has 5 heteroatoms. The first-order valence-corrected chi connectivity index (χ1v) is 9.01. The average molecular weight is 326 g/mol. The molecule has 2 fully saturated rings. The summed E-state index contributed by atoms with van der Waals surface area (Å²) in [6.45, 7) is 8.35. The van der Waals surface area contributed by atoms with Gasteiger partial charge in [0.25, 0.3) is 0 Å². The average Bonchev–Trinajstić information content (AvgIpc) is 2.84. The van der Waals surface area contributed by atoms with Gasteiger partial charge < -0.3 is 9.80 Å². The van der Waals surface area contributed by atoms with Gasteiger partial charge >= 0.3 is 0 Å². The Bertz CT molecular complexity index is 607. The van der Waals surface area contributed by atoms with Gasteiger partial charge in [0, 0.05) is 31.9 Å². The number of nitrogens with zero attached hydrogens (tertiary/aromatic N) is 4. The lowest BCUT2D eigenvalue weighted by atomic mass is 10.2. The number of carbonyl (C=O) groups excluding carboxylic acids is 1. The second kappa shape index (κ2) is 7.78. The van der Waals surface area contributed by atoms with Crippen LogP contribution in [0.3, 0.4) is 0 Å². The molecule has 0 spiro atoms. The molecule has 3 rings (SSSR count). The van der Waals surface area contributed by atoms with Crippen LogP contribution < -0.4 is 4.90 Å². The van der Waals surface area contributed by atoms with Crippen molar-refractivity contribution in [2.24, 2.45) is 0 Å². The van der Waals surface area contributed by atoms with E-state index < -0.39 is 0 Å². The predicted molar refractivity (Wildman–Crippen MR) is 94.8 cm³/mol. The first-order chi connectivity index (χ1) is 11.7. The molecular formula is C19H26N4O. The molecule has 128 valence electrons. The van der Waals surface area contributed by atoms with Crippen LogP contribution in [-0.2, 0) is 4.79 Å². The summed E-state index contributed by atoms with van der Waals surface area (Å²) < 4.78 is 0.